The van der Waals surface area contributed by atoms with Gasteiger partial charge in [0.05, 0.1) is 23.8 Å². The monoisotopic (exact) mass is 488 g/mol. The minimum absolute atomic E-state index is 0.0355. The Morgan fingerprint density at radius 2 is 1.68 bits per heavy atom. The van der Waals surface area contributed by atoms with Gasteiger partial charge >= 0.3 is 18.3 Å². The highest BCUT2D eigenvalue weighted by molar-refractivity contribution is 5.90. The summed E-state index contributed by atoms with van der Waals surface area (Å²) in [4.78, 5) is 11.0. The third-order valence-electron chi connectivity index (χ3n) is 4.73. The molecule has 0 aliphatic heterocycles. The quantitative estimate of drug-likeness (QED) is 0.460. The predicted octanol–water partition coefficient (Wildman–Crippen LogP) is 7.02. The van der Waals surface area contributed by atoms with E-state index < -0.39 is 46.6 Å². The van der Waals surface area contributed by atoms with E-state index in [4.69, 9.17) is 14.6 Å². The average Bonchev–Trinajstić information content (AvgIpc) is 2.74. The van der Waals surface area contributed by atoms with E-state index in [0.29, 0.717) is 6.07 Å². The maximum atomic E-state index is 13.8. The second-order valence-corrected chi connectivity index (χ2v) is 7.05. The zero-order valence-corrected chi connectivity index (χ0v) is 17.2. The van der Waals surface area contributed by atoms with Gasteiger partial charge in [0.1, 0.15) is 11.6 Å². The molecule has 0 unspecified atom stereocenters. The fraction of sp³-hybridized carbons (Fsp3) is 0.174. The van der Waals surface area contributed by atoms with Crippen LogP contribution in [0.3, 0.4) is 0 Å². The summed E-state index contributed by atoms with van der Waals surface area (Å²) in [6.45, 7) is 0. The molecule has 0 saturated heterocycles. The summed E-state index contributed by atoms with van der Waals surface area (Å²) in [5.41, 5.74) is -3.85. The number of rotatable bonds is 5. The van der Waals surface area contributed by atoms with Gasteiger partial charge in [-0.3, -0.25) is 0 Å². The lowest BCUT2D eigenvalue weighted by atomic mass is 9.95. The molecule has 34 heavy (non-hydrogen) atoms. The third kappa shape index (κ3) is 5.59. The van der Waals surface area contributed by atoms with Crippen LogP contribution in [0.25, 0.3) is 6.08 Å². The van der Waals surface area contributed by atoms with E-state index >= 15 is 0 Å². The molecule has 180 valence electrons. The SMILES string of the molecule is COc1cc(F)ccc1Oc1cc(C(F)(F)F)cc(C(F)(F)F)c1C=C1C=CC(C(=O)O)=CC1. The van der Waals surface area contributed by atoms with Crippen LogP contribution in [0.5, 0.6) is 17.2 Å². The molecule has 2 aromatic carbocycles. The first-order valence-corrected chi connectivity index (χ1v) is 9.45. The maximum absolute atomic E-state index is 13.8. The Hall–Kier alpha value is -3.76. The molecule has 0 saturated carbocycles. The number of carboxylic acids is 1. The highest BCUT2D eigenvalue weighted by Crippen LogP contribution is 2.45. The van der Waals surface area contributed by atoms with Crippen LogP contribution in [0, 0.1) is 5.82 Å². The van der Waals surface area contributed by atoms with Crippen molar-refractivity contribution in [3.8, 4) is 17.2 Å². The molecule has 1 aliphatic rings. The van der Waals surface area contributed by atoms with Crippen molar-refractivity contribution >= 4 is 12.0 Å². The molecular formula is C23H15F7O4. The molecule has 0 heterocycles. The van der Waals surface area contributed by atoms with Gasteiger partial charge in [0.25, 0.3) is 0 Å². The van der Waals surface area contributed by atoms with E-state index in [0.717, 1.165) is 37.5 Å². The first-order valence-electron chi connectivity index (χ1n) is 9.45. The van der Waals surface area contributed by atoms with Crippen LogP contribution in [0.1, 0.15) is 23.1 Å². The number of alkyl halides is 6. The van der Waals surface area contributed by atoms with Gasteiger partial charge in [0.2, 0.25) is 0 Å². The summed E-state index contributed by atoms with van der Waals surface area (Å²) in [5.74, 6) is -3.38. The van der Waals surface area contributed by atoms with Crippen LogP contribution in [-0.2, 0) is 17.1 Å². The number of allylic oxidation sites excluding steroid dienone is 3. The molecule has 0 bridgehead atoms. The second-order valence-electron chi connectivity index (χ2n) is 7.05. The standard InChI is InChI=1S/C23H15F7O4/c1-33-20-11-15(24)6-7-18(20)34-19-10-14(22(25,26)27)9-17(23(28,29)30)16(19)8-12-2-4-13(5-3-12)21(31)32/h2,4-11H,3H2,1H3,(H,31,32). The Morgan fingerprint density at radius 1 is 0.971 bits per heavy atom. The second kappa shape index (κ2) is 9.24. The van der Waals surface area contributed by atoms with Crippen LogP contribution in [0.15, 0.2) is 59.7 Å². The van der Waals surface area contributed by atoms with Gasteiger partial charge in [0.15, 0.2) is 11.5 Å². The van der Waals surface area contributed by atoms with Crippen LogP contribution in [0.4, 0.5) is 30.7 Å². The van der Waals surface area contributed by atoms with Crippen LogP contribution >= 0.6 is 0 Å². The molecule has 1 N–H and O–H groups in total. The van der Waals surface area contributed by atoms with E-state index in [1.54, 1.807) is 0 Å². The number of benzene rings is 2. The van der Waals surface area contributed by atoms with Gasteiger partial charge in [-0.2, -0.15) is 26.3 Å². The number of carboxylic acid groups (broad SMARTS) is 1. The van der Waals surface area contributed by atoms with Crippen LogP contribution in [0.2, 0.25) is 0 Å². The molecule has 0 spiro atoms. The van der Waals surface area contributed by atoms with E-state index in [1.165, 1.54) is 12.2 Å². The van der Waals surface area contributed by atoms with Crippen molar-refractivity contribution in [3.05, 3.63) is 82.2 Å². The van der Waals surface area contributed by atoms with E-state index in [-0.39, 0.29) is 35.1 Å². The van der Waals surface area contributed by atoms with Crippen molar-refractivity contribution in [2.24, 2.45) is 0 Å². The van der Waals surface area contributed by atoms with Crippen molar-refractivity contribution in [2.75, 3.05) is 7.11 Å². The summed E-state index contributed by atoms with van der Waals surface area (Å²) in [5, 5.41) is 9.00. The number of halogens is 7. The molecule has 3 rings (SSSR count). The molecule has 1 aliphatic carbocycles. The summed E-state index contributed by atoms with van der Waals surface area (Å²) in [7, 11) is 1.12. The number of carbonyl (C=O) groups is 1. The molecule has 0 fully saturated rings. The fourth-order valence-corrected chi connectivity index (χ4v) is 3.11. The van der Waals surface area contributed by atoms with Crippen LogP contribution < -0.4 is 9.47 Å². The van der Waals surface area contributed by atoms with Gasteiger partial charge in [-0.05, 0) is 48.4 Å². The summed E-state index contributed by atoms with van der Waals surface area (Å²) < 4.78 is 105. The Morgan fingerprint density at radius 3 is 2.21 bits per heavy atom. The highest BCUT2D eigenvalue weighted by atomic mass is 19.4. The Balaban J connectivity index is 2.23. The Labute approximate surface area is 188 Å². The topological polar surface area (TPSA) is 55.8 Å². The van der Waals surface area contributed by atoms with Gasteiger partial charge in [0, 0.05) is 11.6 Å². The predicted molar refractivity (Wildman–Crippen MR) is 107 cm³/mol. The molecule has 2 aromatic rings. The molecule has 0 atom stereocenters. The minimum atomic E-state index is -5.20. The van der Waals surface area contributed by atoms with Crippen molar-refractivity contribution in [1.29, 1.82) is 0 Å². The zero-order valence-electron chi connectivity index (χ0n) is 17.2. The summed E-state index contributed by atoms with van der Waals surface area (Å²) in [6.07, 6.45) is -5.81. The molecule has 0 radical (unpaired) electrons. The molecule has 0 aromatic heterocycles. The molecule has 11 heteroatoms. The number of hydrogen-bond acceptors (Lipinski definition) is 3. The number of methoxy groups -OCH3 is 1. The third-order valence-corrected chi connectivity index (χ3v) is 4.73. The Bertz CT molecular complexity index is 1210. The highest BCUT2D eigenvalue weighted by Gasteiger charge is 2.40. The number of ether oxygens (including phenoxy) is 2. The first-order chi connectivity index (χ1) is 15.8. The number of aliphatic carboxylic acids is 1. The first kappa shape index (κ1) is 24.9. The molecular weight excluding hydrogens is 473 g/mol. The van der Waals surface area contributed by atoms with Crippen molar-refractivity contribution in [3.63, 3.8) is 0 Å². The molecule has 4 nitrogen and oxygen atoms in total. The largest absolute Gasteiger partial charge is 0.493 e. The van der Waals surface area contributed by atoms with Gasteiger partial charge in [-0.15, -0.1) is 0 Å². The van der Waals surface area contributed by atoms with Crippen LogP contribution in [-0.4, -0.2) is 18.2 Å². The lowest BCUT2D eigenvalue weighted by Crippen LogP contribution is -2.13. The van der Waals surface area contributed by atoms with E-state index in [9.17, 15) is 35.5 Å². The summed E-state index contributed by atoms with van der Waals surface area (Å²) >= 11 is 0. The zero-order chi connectivity index (χ0) is 25.3. The Kier molecular flexibility index (Phi) is 6.76. The van der Waals surface area contributed by atoms with Crippen molar-refractivity contribution in [2.45, 2.75) is 18.8 Å². The summed E-state index contributed by atoms with van der Waals surface area (Å²) in [6, 6.07) is 3.12. The smallest absolute Gasteiger partial charge is 0.417 e. The van der Waals surface area contributed by atoms with Crippen molar-refractivity contribution in [1.82, 2.24) is 0 Å². The van der Waals surface area contributed by atoms with E-state index in [1.807, 2.05) is 0 Å². The van der Waals surface area contributed by atoms with Gasteiger partial charge < -0.3 is 14.6 Å². The van der Waals surface area contributed by atoms with E-state index in [2.05, 4.69) is 0 Å². The maximum Gasteiger partial charge on any atom is 0.417 e. The number of hydrogen-bond donors (Lipinski definition) is 1. The normalized spacial score (nSPS) is 15.3. The fourth-order valence-electron chi connectivity index (χ4n) is 3.11. The molecule has 0 amide bonds. The minimum Gasteiger partial charge on any atom is -0.493 e. The average molecular weight is 488 g/mol. The lowest BCUT2D eigenvalue weighted by Gasteiger charge is -2.20. The van der Waals surface area contributed by atoms with Crippen molar-refractivity contribution < 1.29 is 50.1 Å². The lowest BCUT2D eigenvalue weighted by molar-refractivity contribution is -0.143. The van der Waals surface area contributed by atoms with Gasteiger partial charge in [-0.1, -0.05) is 12.2 Å². The van der Waals surface area contributed by atoms with Gasteiger partial charge in [-0.25, -0.2) is 9.18 Å².